The van der Waals surface area contributed by atoms with Crippen LogP contribution in [0.25, 0.3) is 22.1 Å². The summed E-state index contributed by atoms with van der Waals surface area (Å²) in [5.41, 5.74) is 0.356. The van der Waals surface area contributed by atoms with Gasteiger partial charge < -0.3 is 10.3 Å². The summed E-state index contributed by atoms with van der Waals surface area (Å²) in [7, 11) is 0. The van der Waals surface area contributed by atoms with Crippen molar-refractivity contribution in [2.24, 2.45) is 0 Å². The summed E-state index contributed by atoms with van der Waals surface area (Å²) in [6.07, 6.45) is 0.605. The molecule has 0 bridgehead atoms. The molecule has 0 aliphatic heterocycles. The van der Waals surface area contributed by atoms with Gasteiger partial charge in [0.2, 0.25) is 0 Å². The van der Waals surface area contributed by atoms with E-state index >= 15 is 0 Å². The third-order valence-electron chi connectivity index (χ3n) is 3.33. The molecule has 4 rings (SSSR count). The first-order valence-corrected chi connectivity index (χ1v) is 6.48. The zero-order valence-electron chi connectivity index (χ0n) is 11.3. The molecule has 0 unspecified atom stereocenters. The summed E-state index contributed by atoms with van der Waals surface area (Å²) in [4.78, 5) is 14.4. The minimum Gasteiger partial charge on any atom is -0.345 e. The Morgan fingerprint density at radius 3 is 2.74 bits per heavy atom. The molecule has 0 aromatic carbocycles. The number of nitrogens with zero attached hydrogens (tertiary/aromatic N) is 4. The summed E-state index contributed by atoms with van der Waals surface area (Å²) >= 11 is 0. The average Bonchev–Trinajstić information content (AvgIpc) is 3.12. The molecule has 0 radical (unpaired) electrons. The van der Waals surface area contributed by atoms with Gasteiger partial charge in [0.15, 0.2) is 5.65 Å². The van der Waals surface area contributed by atoms with Crippen LogP contribution in [-0.2, 0) is 6.18 Å². The van der Waals surface area contributed by atoms with Gasteiger partial charge in [0, 0.05) is 11.6 Å². The highest BCUT2D eigenvalue weighted by Gasteiger charge is 2.35. The molecule has 0 amide bonds. The van der Waals surface area contributed by atoms with Crippen molar-refractivity contribution >= 4 is 33.6 Å². The molecular weight excluding hydrogens is 311 g/mol. The number of alkyl halides is 3. The Morgan fingerprint density at radius 2 is 1.91 bits per heavy atom. The summed E-state index contributed by atoms with van der Waals surface area (Å²) in [6, 6.07) is 1.71. The molecule has 0 saturated carbocycles. The van der Waals surface area contributed by atoms with E-state index in [1.54, 1.807) is 12.3 Å². The average molecular weight is 319 g/mol. The molecule has 10 heteroatoms. The lowest BCUT2D eigenvalue weighted by molar-refractivity contribution is -0.136. The fourth-order valence-corrected chi connectivity index (χ4v) is 2.32. The Morgan fingerprint density at radius 1 is 1.04 bits per heavy atom. The summed E-state index contributed by atoms with van der Waals surface area (Å²) in [5, 5.41) is 10.0. The molecule has 0 saturated heterocycles. The van der Waals surface area contributed by atoms with Crippen molar-refractivity contribution in [3.8, 4) is 0 Å². The van der Waals surface area contributed by atoms with Crippen molar-refractivity contribution in [1.29, 1.82) is 0 Å². The zero-order chi connectivity index (χ0) is 16.0. The van der Waals surface area contributed by atoms with E-state index in [2.05, 4.69) is 35.5 Å². The molecule has 0 aliphatic rings. The molecule has 116 valence electrons. The van der Waals surface area contributed by atoms with Gasteiger partial charge in [-0.1, -0.05) is 0 Å². The van der Waals surface area contributed by atoms with Crippen LogP contribution < -0.4 is 5.32 Å². The van der Waals surface area contributed by atoms with Gasteiger partial charge >= 0.3 is 6.18 Å². The first-order chi connectivity index (χ1) is 11.0. The number of nitrogens with one attached hydrogen (secondary N) is 3. The molecule has 4 heterocycles. The van der Waals surface area contributed by atoms with E-state index in [0.29, 0.717) is 11.3 Å². The number of halogens is 3. The smallest absolute Gasteiger partial charge is 0.345 e. The van der Waals surface area contributed by atoms with E-state index in [4.69, 9.17) is 0 Å². The standard InChI is InChI=1S/C13H8F3N7/c14-13(15,16)8-4-18-11-9(8)12(20-5-19-11)22-7-1-6-2-21-23-10(6)17-3-7/h1-5H,(H,17,21,23)(H2,18,19,20,22). The van der Waals surface area contributed by atoms with Crippen LogP contribution in [0.2, 0.25) is 0 Å². The number of anilines is 2. The molecule has 7 nitrogen and oxygen atoms in total. The zero-order valence-corrected chi connectivity index (χ0v) is 11.3. The highest BCUT2D eigenvalue weighted by atomic mass is 19.4. The summed E-state index contributed by atoms with van der Waals surface area (Å²) in [6.45, 7) is 0. The van der Waals surface area contributed by atoms with Crippen LogP contribution in [0.1, 0.15) is 5.56 Å². The van der Waals surface area contributed by atoms with Gasteiger partial charge in [0.1, 0.15) is 17.8 Å². The van der Waals surface area contributed by atoms with Crippen molar-refractivity contribution in [1.82, 2.24) is 30.1 Å². The third kappa shape index (κ3) is 2.24. The Balaban J connectivity index is 1.83. The van der Waals surface area contributed by atoms with E-state index in [1.165, 1.54) is 12.5 Å². The van der Waals surface area contributed by atoms with E-state index in [9.17, 15) is 13.2 Å². The molecule has 0 spiro atoms. The Hall–Kier alpha value is -3.17. The van der Waals surface area contributed by atoms with Crippen LogP contribution in [0.3, 0.4) is 0 Å². The number of aromatic amines is 2. The lowest BCUT2D eigenvalue weighted by Crippen LogP contribution is -2.05. The predicted molar refractivity (Wildman–Crippen MR) is 76.1 cm³/mol. The highest BCUT2D eigenvalue weighted by Crippen LogP contribution is 2.37. The highest BCUT2D eigenvalue weighted by molar-refractivity contribution is 5.93. The maximum Gasteiger partial charge on any atom is 0.418 e. The number of rotatable bonds is 2. The monoisotopic (exact) mass is 319 g/mol. The van der Waals surface area contributed by atoms with Gasteiger partial charge in [-0.3, -0.25) is 5.10 Å². The number of hydrogen-bond donors (Lipinski definition) is 3. The topological polar surface area (TPSA) is 95.2 Å². The minimum absolute atomic E-state index is 0.0493. The molecule has 4 aromatic heterocycles. The molecule has 3 N–H and O–H groups in total. The fourth-order valence-electron chi connectivity index (χ4n) is 2.32. The van der Waals surface area contributed by atoms with Gasteiger partial charge in [0.25, 0.3) is 0 Å². The second kappa shape index (κ2) is 4.66. The number of fused-ring (bicyclic) bond motifs is 2. The molecule has 23 heavy (non-hydrogen) atoms. The maximum absolute atomic E-state index is 13.1. The summed E-state index contributed by atoms with van der Waals surface area (Å²) < 4.78 is 39.3. The predicted octanol–water partition coefficient (Wildman–Crippen LogP) is 2.99. The number of aromatic nitrogens is 6. The minimum atomic E-state index is -4.51. The number of hydrogen-bond acceptors (Lipinski definition) is 5. The lowest BCUT2D eigenvalue weighted by Gasteiger charge is -2.09. The van der Waals surface area contributed by atoms with E-state index < -0.39 is 11.7 Å². The van der Waals surface area contributed by atoms with Gasteiger partial charge in [0.05, 0.1) is 29.0 Å². The first kappa shape index (κ1) is 13.5. The van der Waals surface area contributed by atoms with Crippen molar-refractivity contribution in [3.63, 3.8) is 0 Å². The quantitative estimate of drug-likeness (QED) is 0.528. The Bertz CT molecular complexity index is 1000. The largest absolute Gasteiger partial charge is 0.418 e. The van der Waals surface area contributed by atoms with E-state index in [-0.39, 0.29) is 16.9 Å². The van der Waals surface area contributed by atoms with E-state index in [1.807, 2.05) is 0 Å². The number of pyridine rings is 1. The summed E-state index contributed by atoms with van der Waals surface area (Å²) in [5.74, 6) is 0.0493. The first-order valence-electron chi connectivity index (χ1n) is 6.48. The van der Waals surface area contributed by atoms with Crippen LogP contribution in [0.5, 0.6) is 0 Å². The van der Waals surface area contributed by atoms with Crippen LogP contribution in [0.4, 0.5) is 24.7 Å². The normalized spacial score (nSPS) is 12.1. The van der Waals surface area contributed by atoms with Crippen LogP contribution in [0.15, 0.2) is 31.0 Å². The van der Waals surface area contributed by atoms with Crippen molar-refractivity contribution in [2.45, 2.75) is 6.18 Å². The molecular formula is C13H8F3N7. The Labute approximate surface area is 126 Å². The van der Waals surface area contributed by atoms with E-state index in [0.717, 1.165) is 11.6 Å². The van der Waals surface area contributed by atoms with Gasteiger partial charge in [-0.2, -0.15) is 18.3 Å². The van der Waals surface area contributed by atoms with Crippen molar-refractivity contribution in [2.75, 3.05) is 5.32 Å². The third-order valence-corrected chi connectivity index (χ3v) is 3.33. The van der Waals surface area contributed by atoms with Gasteiger partial charge in [-0.15, -0.1) is 0 Å². The second-order valence-electron chi connectivity index (χ2n) is 4.80. The van der Waals surface area contributed by atoms with Crippen LogP contribution >= 0.6 is 0 Å². The van der Waals surface area contributed by atoms with Crippen molar-refractivity contribution in [3.05, 3.63) is 36.5 Å². The van der Waals surface area contributed by atoms with Crippen LogP contribution in [-0.4, -0.2) is 30.1 Å². The molecule has 0 fully saturated rings. The number of H-pyrrole nitrogens is 2. The molecule has 0 atom stereocenters. The molecule has 4 aromatic rings. The van der Waals surface area contributed by atoms with Crippen LogP contribution in [0, 0.1) is 0 Å². The van der Waals surface area contributed by atoms with Gasteiger partial charge in [-0.05, 0) is 6.07 Å². The van der Waals surface area contributed by atoms with Crippen molar-refractivity contribution < 1.29 is 13.2 Å². The lowest BCUT2D eigenvalue weighted by atomic mass is 10.2. The maximum atomic E-state index is 13.1. The fraction of sp³-hybridized carbons (Fsp3) is 0.0769. The second-order valence-corrected chi connectivity index (χ2v) is 4.80. The SMILES string of the molecule is FC(F)(F)c1c[nH]c2ncnc(Nc3cnc4[nH]ncc4c3)c12. The Kier molecular flexibility index (Phi) is 2.73. The molecule has 0 aliphatic carbocycles. The van der Waals surface area contributed by atoms with Gasteiger partial charge in [-0.25, -0.2) is 15.0 Å².